The number of ether oxygens (including phenoxy) is 1. The minimum atomic E-state index is -0.398. The molecule has 5 nitrogen and oxygen atoms in total. The summed E-state index contributed by atoms with van der Waals surface area (Å²) >= 11 is 0. The summed E-state index contributed by atoms with van der Waals surface area (Å²) in [6.07, 6.45) is -0.398. The Morgan fingerprint density at radius 3 is 2.50 bits per heavy atom. The van der Waals surface area contributed by atoms with Gasteiger partial charge in [0.2, 0.25) is 5.88 Å². The molecule has 0 saturated heterocycles. The van der Waals surface area contributed by atoms with Crippen LogP contribution in [0, 0.1) is 13.8 Å². The largest absolute Gasteiger partial charge is 0.481 e. The van der Waals surface area contributed by atoms with Crippen LogP contribution in [0.15, 0.2) is 0 Å². The first-order valence-electron chi connectivity index (χ1n) is 5.24. The van der Waals surface area contributed by atoms with Gasteiger partial charge < -0.3 is 14.7 Å². The third kappa shape index (κ3) is 2.82. The summed E-state index contributed by atoms with van der Waals surface area (Å²) in [5.74, 6) is 2.04. The molecule has 90 valence electrons. The lowest BCUT2D eigenvalue weighted by atomic mass is 10.3. The number of hydrogen-bond donors (Lipinski definition) is 1. The van der Waals surface area contributed by atoms with E-state index in [2.05, 4.69) is 9.97 Å². The van der Waals surface area contributed by atoms with Crippen molar-refractivity contribution in [2.75, 3.05) is 25.6 Å². The lowest BCUT2D eigenvalue weighted by molar-refractivity contribution is 0.201. The highest BCUT2D eigenvalue weighted by Gasteiger charge is 2.14. The number of aliphatic hydroxyl groups is 1. The molecule has 0 fully saturated rings. The summed E-state index contributed by atoms with van der Waals surface area (Å²) in [5.41, 5.74) is 0.885. The molecule has 5 heteroatoms. The molecular weight excluding hydrogens is 206 g/mol. The van der Waals surface area contributed by atoms with Gasteiger partial charge in [0.05, 0.1) is 18.8 Å². The Morgan fingerprint density at radius 2 is 2.00 bits per heavy atom. The van der Waals surface area contributed by atoms with Gasteiger partial charge in [0.1, 0.15) is 11.6 Å². The Labute approximate surface area is 96.1 Å². The van der Waals surface area contributed by atoms with E-state index < -0.39 is 6.10 Å². The summed E-state index contributed by atoms with van der Waals surface area (Å²) in [5, 5.41) is 9.35. The number of rotatable bonds is 4. The van der Waals surface area contributed by atoms with Gasteiger partial charge in [0.25, 0.3) is 0 Å². The van der Waals surface area contributed by atoms with Gasteiger partial charge in [0.15, 0.2) is 0 Å². The van der Waals surface area contributed by atoms with Gasteiger partial charge in [-0.25, -0.2) is 4.98 Å². The molecule has 1 atom stereocenters. The van der Waals surface area contributed by atoms with Crippen molar-refractivity contribution in [1.82, 2.24) is 9.97 Å². The first kappa shape index (κ1) is 12.7. The quantitative estimate of drug-likeness (QED) is 0.825. The molecule has 0 radical (unpaired) electrons. The Bertz CT molecular complexity index is 366. The maximum atomic E-state index is 9.35. The van der Waals surface area contributed by atoms with Crippen LogP contribution in [0.5, 0.6) is 5.88 Å². The van der Waals surface area contributed by atoms with Gasteiger partial charge >= 0.3 is 0 Å². The molecule has 1 N–H and O–H groups in total. The Balaban J connectivity index is 3.07. The van der Waals surface area contributed by atoms with E-state index in [0.717, 1.165) is 11.4 Å². The second-order valence-corrected chi connectivity index (χ2v) is 3.96. The van der Waals surface area contributed by atoms with Crippen LogP contribution in [0.2, 0.25) is 0 Å². The molecule has 0 spiro atoms. The van der Waals surface area contributed by atoms with Gasteiger partial charge in [-0.05, 0) is 20.8 Å². The Morgan fingerprint density at radius 1 is 1.38 bits per heavy atom. The minimum absolute atomic E-state index is 0.398. The second kappa shape index (κ2) is 5.12. The van der Waals surface area contributed by atoms with Crippen LogP contribution in [0.25, 0.3) is 0 Å². The van der Waals surface area contributed by atoms with Gasteiger partial charge in [0, 0.05) is 13.6 Å². The van der Waals surface area contributed by atoms with Gasteiger partial charge in [-0.1, -0.05) is 0 Å². The molecule has 16 heavy (non-hydrogen) atoms. The predicted molar refractivity (Wildman–Crippen MR) is 63.0 cm³/mol. The van der Waals surface area contributed by atoms with Crippen molar-refractivity contribution in [3.8, 4) is 5.88 Å². The van der Waals surface area contributed by atoms with Gasteiger partial charge in [-0.3, -0.25) is 0 Å². The number of hydrogen-bond acceptors (Lipinski definition) is 5. The molecule has 0 aromatic carbocycles. The number of aryl methyl sites for hydroxylation is 1. The summed E-state index contributed by atoms with van der Waals surface area (Å²) in [6.45, 7) is 6.01. The monoisotopic (exact) mass is 225 g/mol. The van der Waals surface area contributed by atoms with Crippen molar-refractivity contribution in [1.29, 1.82) is 0 Å². The van der Waals surface area contributed by atoms with Crippen molar-refractivity contribution in [2.45, 2.75) is 26.9 Å². The van der Waals surface area contributed by atoms with Crippen LogP contribution in [0.4, 0.5) is 5.82 Å². The third-order valence-electron chi connectivity index (χ3n) is 2.28. The average Bonchev–Trinajstić information content (AvgIpc) is 2.19. The van der Waals surface area contributed by atoms with Crippen LogP contribution < -0.4 is 9.64 Å². The van der Waals surface area contributed by atoms with Crippen molar-refractivity contribution in [3.05, 3.63) is 11.4 Å². The number of methoxy groups -OCH3 is 1. The molecule has 1 aromatic rings. The Hall–Kier alpha value is -1.36. The number of anilines is 1. The van der Waals surface area contributed by atoms with Crippen LogP contribution >= 0.6 is 0 Å². The highest BCUT2D eigenvalue weighted by molar-refractivity contribution is 5.50. The van der Waals surface area contributed by atoms with Crippen LogP contribution in [-0.4, -0.2) is 41.9 Å². The Kier molecular flexibility index (Phi) is 4.06. The van der Waals surface area contributed by atoms with Crippen molar-refractivity contribution in [2.24, 2.45) is 0 Å². The number of aromatic nitrogens is 2. The predicted octanol–water partition coefficient (Wildman–Crippen LogP) is 0.919. The van der Waals surface area contributed by atoms with E-state index in [0.29, 0.717) is 18.2 Å². The molecule has 0 amide bonds. The summed E-state index contributed by atoms with van der Waals surface area (Å²) < 4.78 is 5.18. The van der Waals surface area contributed by atoms with E-state index in [-0.39, 0.29) is 0 Å². The molecule has 1 aromatic heterocycles. The average molecular weight is 225 g/mol. The first-order chi connectivity index (χ1) is 7.45. The van der Waals surface area contributed by atoms with Gasteiger partial charge in [-0.2, -0.15) is 4.98 Å². The number of nitrogens with zero attached hydrogens (tertiary/aromatic N) is 3. The smallest absolute Gasteiger partial charge is 0.221 e. The molecule has 1 rings (SSSR count). The van der Waals surface area contributed by atoms with Crippen LogP contribution in [-0.2, 0) is 0 Å². The molecular formula is C11H19N3O2. The fourth-order valence-corrected chi connectivity index (χ4v) is 1.64. The van der Waals surface area contributed by atoms with E-state index in [9.17, 15) is 5.11 Å². The minimum Gasteiger partial charge on any atom is -0.481 e. The molecule has 0 saturated carbocycles. The third-order valence-corrected chi connectivity index (χ3v) is 2.28. The first-order valence-corrected chi connectivity index (χ1v) is 5.24. The van der Waals surface area contributed by atoms with E-state index in [4.69, 9.17) is 4.74 Å². The number of likely N-dealkylation sites (N-methyl/N-ethyl adjacent to an activating group) is 1. The van der Waals surface area contributed by atoms with E-state index in [1.807, 2.05) is 25.8 Å². The fraction of sp³-hybridized carbons (Fsp3) is 0.636. The maximum Gasteiger partial charge on any atom is 0.221 e. The second-order valence-electron chi connectivity index (χ2n) is 3.96. The fourth-order valence-electron chi connectivity index (χ4n) is 1.64. The van der Waals surface area contributed by atoms with E-state index >= 15 is 0 Å². The van der Waals surface area contributed by atoms with E-state index in [1.165, 1.54) is 0 Å². The van der Waals surface area contributed by atoms with Crippen molar-refractivity contribution >= 4 is 5.82 Å². The molecule has 0 unspecified atom stereocenters. The molecule has 0 aliphatic heterocycles. The topological polar surface area (TPSA) is 58.5 Å². The molecule has 1 heterocycles. The molecule has 0 aliphatic rings. The van der Waals surface area contributed by atoms with Crippen LogP contribution in [0.1, 0.15) is 18.3 Å². The lowest BCUT2D eigenvalue weighted by Crippen LogP contribution is -2.28. The summed E-state index contributed by atoms with van der Waals surface area (Å²) in [6, 6.07) is 0. The maximum absolute atomic E-state index is 9.35. The normalized spacial score (nSPS) is 12.4. The summed E-state index contributed by atoms with van der Waals surface area (Å²) in [7, 11) is 3.48. The highest BCUT2D eigenvalue weighted by atomic mass is 16.5. The molecule has 0 bridgehead atoms. The highest BCUT2D eigenvalue weighted by Crippen LogP contribution is 2.24. The molecule has 0 aliphatic carbocycles. The zero-order chi connectivity index (χ0) is 12.3. The standard InChI is InChI=1S/C11H19N3O2/c1-7(15)6-14(4)10-8(2)11(16-5)13-9(3)12-10/h7,15H,6H2,1-5H3/t7-/m1/s1. The zero-order valence-corrected chi connectivity index (χ0v) is 10.5. The SMILES string of the molecule is COc1nc(C)nc(N(C)C[C@@H](C)O)c1C. The lowest BCUT2D eigenvalue weighted by Gasteiger charge is -2.22. The van der Waals surface area contributed by atoms with Crippen LogP contribution in [0.3, 0.4) is 0 Å². The van der Waals surface area contributed by atoms with Crippen molar-refractivity contribution in [3.63, 3.8) is 0 Å². The van der Waals surface area contributed by atoms with Crippen molar-refractivity contribution < 1.29 is 9.84 Å². The number of aliphatic hydroxyl groups excluding tert-OH is 1. The van der Waals surface area contributed by atoms with Gasteiger partial charge in [-0.15, -0.1) is 0 Å². The zero-order valence-electron chi connectivity index (χ0n) is 10.5. The van der Waals surface area contributed by atoms with E-state index in [1.54, 1.807) is 14.0 Å². The summed E-state index contributed by atoms with van der Waals surface area (Å²) in [4.78, 5) is 10.4.